The van der Waals surface area contributed by atoms with Crippen LogP contribution in [0.15, 0.2) is 18.2 Å². The van der Waals surface area contributed by atoms with Crippen molar-refractivity contribution in [3.63, 3.8) is 0 Å². The average molecular weight is 459 g/mol. The molecule has 1 aliphatic carbocycles. The lowest BCUT2D eigenvalue weighted by Gasteiger charge is -2.24. The molecule has 3 rings (SSSR count). The first-order valence-corrected chi connectivity index (χ1v) is 12.5. The first-order valence-electron chi connectivity index (χ1n) is 12.5. The summed E-state index contributed by atoms with van der Waals surface area (Å²) in [7, 11) is 0. The van der Waals surface area contributed by atoms with E-state index in [1.165, 1.54) is 4.90 Å². The number of hydrogen-bond acceptors (Lipinski definition) is 5. The van der Waals surface area contributed by atoms with Crippen molar-refractivity contribution in [3.8, 4) is 11.5 Å². The van der Waals surface area contributed by atoms with Crippen molar-refractivity contribution >= 4 is 17.7 Å². The van der Waals surface area contributed by atoms with Gasteiger partial charge in [0, 0.05) is 26.1 Å². The molecule has 7 nitrogen and oxygen atoms in total. The fourth-order valence-electron chi connectivity index (χ4n) is 4.85. The van der Waals surface area contributed by atoms with E-state index >= 15 is 0 Å². The van der Waals surface area contributed by atoms with Gasteiger partial charge in [-0.3, -0.25) is 19.3 Å². The van der Waals surface area contributed by atoms with Gasteiger partial charge >= 0.3 is 0 Å². The number of hydrogen-bond donors (Lipinski definition) is 0. The van der Waals surface area contributed by atoms with Crippen LogP contribution in [-0.4, -0.2) is 53.8 Å². The van der Waals surface area contributed by atoms with Crippen LogP contribution in [0.1, 0.15) is 71.3 Å². The van der Waals surface area contributed by atoms with Gasteiger partial charge in [-0.25, -0.2) is 0 Å². The van der Waals surface area contributed by atoms with Crippen LogP contribution < -0.4 is 9.47 Å². The topological polar surface area (TPSA) is 76.2 Å². The zero-order chi connectivity index (χ0) is 23.8. The number of benzene rings is 1. The van der Waals surface area contributed by atoms with E-state index in [-0.39, 0.29) is 42.5 Å². The van der Waals surface area contributed by atoms with Crippen molar-refractivity contribution in [1.82, 2.24) is 9.80 Å². The Morgan fingerprint density at radius 3 is 2.30 bits per heavy atom. The molecule has 0 unspecified atom stereocenters. The van der Waals surface area contributed by atoms with E-state index in [0.717, 1.165) is 44.1 Å². The highest BCUT2D eigenvalue weighted by Gasteiger charge is 2.47. The van der Waals surface area contributed by atoms with Crippen molar-refractivity contribution in [3.05, 3.63) is 23.8 Å². The molecule has 1 saturated heterocycles. The highest BCUT2D eigenvalue weighted by molar-refractivity contribution is 6.05. The van der Waals surface area contributed by atoms with E-state index in [0.29, 0.717) is 37.8 Å². The van der Waals surface area contributed by atoms with E-state index in [1.807, 2.05) is 32.0 Å². The molecule has 3 amide bonds. The summed E-state index contributed by atoms with van der Waals surface area (Å²) in [4.78, 5) is 41.6. The molecular formula is C26H38N2O5. The van der Waals surface area contributed by atoms with Gasteiger partial charge in [0.1, 0.15) is 0 Å². The minimum absolute atomic E-state index is 0.0448. The number of imide groups is 1. The fraction of sp³-hybridized carbons (Fsp3) is 0.654. The third-order valence-electron chi connectivity index (χ3n) is 6.47. The summed E-state index contributed by atoms with van der Waals surface area (Å²) in [6.07, 6.45) is 5.49. The molecule has 1 aromatic rings. The highest BCUT2D eigenvalue weighted by Crippen LogP contribution is 2.38. The van der Waals surface area contributed by atoms with E-state index < -0.39 is 0 Å². The van der Waals surface area contributed by atoms with Crippen molar-refractivity contribution in [2.75, 3.05) is 26.3 Å². The standard InChI is InChI=1S/C26H38N2O5/c1-4-14-27(18-19-11-12-22(33-16-5-2)23(17-19)32-6-3)24(29)13-15-28-25(30)20-9-7-8-10-21(20)26(28)31/h11-12,17,20-21H,4-10,13-16,18H2,1-3H3/t20-,21-/m1/s1. The summed E-state index contributed by atoms with van der Waals surface area (Å²) in [5.41, 5.74) is 0.962. The van der Waals surface area contributed by atoms with Gasteiger partial charge in [-0.2, -0.15) is 0 Å². The van der Waals surface area contributed by atoms with Crippen LogP contribution in [0.4, 0.5) is 0 Å². The second-order valence-electron chi connectivity index (χ2n) is 8.95. The Hall–Kier alpha value is -2.57. The lowest BCUT2D eigenvalue weighted by molar-refractivity contribution is -0.141. The summed E-state index contributed by atoms with van der Waals surface area (Å²) in [6, 6.07) is 5.79. The van der Waals surface area contributed by atoms with Gasteiger partial charge < -0.3 is 14.4 Å². The summed E-state index contributed by atoms with van der Waals surface area (Å²) in [5, 5.41) is 0. The van der Waals surface area contributed by atoms with Gasteiger partial charge in [0.25, 0.3) is 0 Å². The Bertz CT molecular complexity index is 816. The maximum atomic E-state index is 13.1. The monoisotopic (exact) mass is 458 g/mol. The molecule has 2 aliphatic rings. The Labute approximate surface area is 197 Å². The Morgan fingerprint density at radius 1 is 1.00 bits per heavy atom. The number of fused-ring (bicyclic) bond motifs is 1. The Morgan fingerprint density at radius 2 is 1.70 bits per heavy atom. The third kappa shape index (κ3) is 6.06. The molecule has 1 saturated carbocycles. The Kier molecular flexibility index (Phi) is 9.15. The molecule has 7 heteroatoms. The summed E-state index contributed by atoms with van der Waals surface area (Å²) in [5.74, 6) is 0.854. The normalized spacial score (nSPS) is 20.0. The minimum Gasteiger partial charge on any atom is -0.490 e. The van der Waals surface area contributed by atoms with E-state index in [2.05, 4.69) is 6.92 Å². The quantitative estimate of drug-likeness (QED) is 0.439. The SMILES string of the molecule is CCCOc1ccc(CN(CCC)C(=O)CCN2C(=O)[C@@H]3CCCC[C@H]3C2=O)cc1OCC. The molecule has 0 spiro atoms. The largest absolute Gasteiger partial charge is 0.490 e. The number of amides is 3. The van der Waals surface area contributed by atoms with Crippen LogP contribution in [0, 0.1) is 11.8 Å². The van der Waals surface area contributed by atoms with E-state index in [1.54, 1.807) is 4.90 Å². The number of nitrogens with zero attached hydrogens (tertiary/aromatic N) is 2. The lowest BCUT2D eigenvalue weighted by Crippen LogP contribution is -2.37. The molecule has 0 radical (unpaired) electrons. The highest BCUT2D eigenvalue weighted by atomic mass is 16.5. The Balaban J connectivity index is 1.63. The predicted molar refractivity (Wildman–Crippen MR) is 126 cm³/mol. The number of carbonyl (C=O) groups is 3. The second-order valence-corrected chi connectivity index (χ2v) is 8.95. The molecule has 182 valence electrons. The maximum Gasteiger partial charge on any atom is 0.233 e. The maximum absolute atomic E-state index is 13.1. The molecule has 2 fully saturated rings. The molecule has 0 aromatic heterocycles. The first kappa shape index (κ1) is 25.1. The second kappa shape index (κ2) is 12.1. The zero-order valence-corrected chi connectivity index (χ0v) is 20.3. The predicted octanol–water partition coefficient (Wildman–Crippen LogP) is 4.18. The summed E-state index contributed by atoms with van der Waals surface area (Å²) < 4.78 is 11.5. The average Bonchev–Trinajstić information content (AvgIpc) is 3.06. The molecular weight excluding hydrogens is 420 g/mol. The van der Waals surface area contributed by atoms with E-state index in [9.17, 15) is 14.4 Å². The van der Waals surface area contributed by atoms with Crippen LogP contribution in [0.3, 0.4) is 0 Å². The number of ether oxygens (including phenoxy) is 2. The summed E-state index contributed by atoms with van der Waals surface area (Å²) in [6.45, 7) is 8.42. The molecule has 0 N–H and O–H groups in total. The number of likely N-dealkylation sites (tertiary alicyclic amines) is 1. The van der Waals surface area contributed by atoms with Crippen LogP contribution in [0.5, 0.6) is 11.5 Å². The molecule has 33 heavy (non-hydrogen) atoms. The van der Waals surface area contributed by atoms with Crippen molar-refractivity contribution in [1.29, 1.82) is 0 Å². The van der Waals surface area contributed by atoms with E-state index in [4.69, 9.17) is 9.47 Å². The third-order valence-corrected chi connectivity index (χ3v) is 6.47. The molecule has 1 heterocycles. The lowest BCUT2D eigenvalue weighted by atomic mass is 9.81. The fourth-order valence-corrected chi connectivity index (χ4v) is 4.85. The van der Waals surface area contributed by atoms with Gasteiger partial charge in [-0.15, -0.1) is 0 Å². The number of rotatable bonds is 12. The van der Waals surface area contributed by atoms with Gasteiger partial charge in [-0.1, -0.05) is 32.8 Å². The molecule has 1 aliphatic heterocycles. The van der Waals surface area contributed by atoms with Gasteiger partial charge in [0.2, 0.25) is 17.7 Å². The van der Waals surface area contributed by atoms with Crippen LogP contribution >= 0.6 is 0 Å². The zero-order valence-electron chi connectivity index (χ0n) is 20.3. The van der Waals surface area contributed by atoms with Crippen molar-refractivity contribution < 1.29 is 23.9 Å². The molecule has 0 bridgehead atoms. The van der Waals surface area contributed by atoms with Gasteiger partial charge in [-0.05, 0) is 50.3 Å². The van der Waals surface area contributed by atoms with Crippen LogP contribution in [0.25, 0.3) is 0 Å². The number of carbonyl (C=O) groups excluding carboxylic acids is 3. The smallest absolute Gasteiger partial charge is 0.233 e. The van der Waals surface area contributed by atoms with Gasteiger partial charge in [0.05, 0.1) is 25.0 Å². The van der Waals surface area contributed by atoms with Crippen molar-refractivity contribution in [2.24, 2.45) is 11.8 Å². The van der Waals surface area contributed by atoms with Gasteiger partial charge in [0.15, 0.2) is 11.5 Å². The van der Waals surface area contributed by atoms with Crippen molar-refractivity contribution in [2.45, 2.75) is 72.3 Å². The summed E-state index contributed by atoms with van der Waals surface area (Å²) >= 11 is 0. The minimum atomic E-state index is -0.168. The van der Waals surface area contributed by atoms with Crippen LogP contribution in [-0.2, 0) is 20.9 Å². The molecule has 1 aromatic carbocycles. The molecule has 2 atom stereocenters. The van der Waals surface area contributed by atoms with Crippen LogP contribution in [0.2, 0.25) is 0 Å². The first-order chi connectivity index (χ1) is 16.0.